The lowest BCUT2D eigenvalue weighted by Crippen LogP contribution is -2.44. The van der Waals surface area contributed by atoms with Gasteiger partial charge in [0.05, 0.1) is 5.75 Å². The summed E-state index contributed by atoms with van der Waals surface area (Å²) < 4.78 is 28.3. The van der Waals surface area contributed by atoms with E-state index in [0.717, 1.165) is 12.8 Å². The van der Waals surface area contributed by atoms with E-state index >= 15 is 0 Å². The number of carbonyl (C=O) groups excluding carboxylic acids is 1. The van der Waals surface area contributed by atoms with E-state index in [9.17, 15) is 13.2 Å². The van der Waals surface area contributed by atoms with Crippen molar-refractivity contribution in [1.82, 2.24) is 4.90 Å². The minimum absolute atomic E-state index is 0.0124. The summed E-state index contributed by atoms with van der Waals surface area (Å²) >= 11 is 0. The second-order valence-corrected chi connectivity index (χ2v) is 6.90. The molecule has 0 radical (unpaired) electrons. The number of carbonyl (C=O) groups is 1. The van der Waals surface area contributed by atoms with Crippen molar-refractivity contribution >= 4 is 15.7 Å². The minimum Gasteiger partial charge on any atom is -0.368 e. The molecule has 0 aromatic heterocycles. The van der Waals surface area contributed by atoms with Crippen LogP contribution in [0, 0.1) is 0 Å². The average Bonchev–Trinajstić information content (AvgIpc) is 2.80. The maximum absolute atomic E-state index is 12.0. The molecule has 17 heavy (non-hydrogen) atoms. The van der Waals surface area contributed by atoms with Gasteiger partial charge in [0.25, 0.3) is 5.91 Å². The number of nitrogens with zero attached hydrogens (tertiary/aromatic N) is 1. The van der Waals surface area contributed by atoms with E-state index in [1.165, 1.54) is 4.90 Å². The van der Waals surface area contributed by atoms with Crippen LogP contribution in [0.25, 0.3) is 0 Å². The predicted octanol–water partition coefficient (Wildman–Crippen LogP) is 0.447. The first-order valence-electron chi connectivity index (χ1n) is 5.96. The van der Waals surface area contributed by atoms with Gasteiger partial charge in [0, 0.05) is 25.4 Å². The zero-order valence-electron chi connectivity index (χ0n) is 10.7. The summed E-state index contributed by atoms with van der Waals surface area (Å²) in [6, 6.07) is -0.309. The molecule has 100 valence electrons. The Balaban J connectivity index is 2.56. The lowest BCUT2D eigenvalue weighted by molar-refractivity contribution is -0.141. The first-order valence-corrected chi connectivity index (χ1v) is 7.78. The summed E-state index contributed by atoms with van der Waals surface area (Å²) in [6.07, 6.45) is 1.24. The molecule has 1 aliphatic rings. The van der Waals surface area contributed by atoms with Crippen LogP contribution in [0.2, 0.25) is 0 Å². The Morgan fingerprint density at radius 1 is 1.53 bits per heavy atom. The first kappa shape index (κ1) is 14.4. The van der Waals surface area contributed by atoms with Gasteiger partial charge in [0.2, 0.25) is 0 Å². The van der Waals surface area contributed by atoms with Crippen molar-refractivity contribution in [1.29, 1.82) is 0 Å². The normalized spacial score (nSPS) is 22.4. The van der Waals surface area contributed by atoms with E-state index in [-0.39, 0.29) is 29.6 Å². The van der Waals surface area contributed by atoms with Crippen LogP contribution in [0.3, 0.4) is 0 Å². The Hall–Kier alpha value is -0.620. The number of likely N-dealkylation sites (N-methyl/N-ethyl adjacent to an activating group) is 1. The predicted molar refractivity (Wildman–Crippen MR) is 65.5 cm³/mol. The molecule has 0 unspecified atom stereocenters. The van der Waals surface area contributed by atoms with E-state index in [1.807, 2.05) is 0 Å². The molecule has 0 N–H and O–H groups in total. The van der Waals surface area contributed by atoms with Crippen LogP contribution in [0.4, 0.5) is 0 Å². The quantitative estimate of drug-likeness (QED) is 0.722. The molecular weight excluding hydrogens is 242 g/mol. The van der Waals surface area contributed by atoms with E-state index in [4.69, 9.17) is 4.74 Å². The topological polar surface area (TPSA) is 63.7 Å². The van der Waals surface area contributed by atoms with Gasteiger partial charge in [0.15, 0.2) is 9.84 Å². The van der Waals surface area contributed by atoms with Gasteiger partial charge in [-0.3, -0.25) is 4.79 Å². The van der Waals surface area contributed by atoms with Crippen LogP contribution >= 0.6 is 0 Å². The van der Waals surface area contributed by atoms with Crippen LogP contribution in [0.15, 0.2) is 0 Å². The zero-order valence-corrected chi connectivity index (χ0v) is 11.5. The van der Waals surface area contributed by atoms with Gasteiger partial charge in [-0.15, -0.1) is 0 Å². The van der Waals surface area contributed by atoms with Crippen LogP contribution in [-0.2, 0) is 19.4 Å². The molecule has 1 saturated heterocycles. The van der Waals surface area contributed by atoms with Crippen LogP contribution in [0.5, 0.6) is 0 Å². The summed E-state index contributed by atoms with van der Waals surface area (Å²) in [5, 5.41) is 0. The number of hydrogen-bond acceptors (Lipinski definition) is 4. The fourth-order valence-electron chi connectivity index (χ4n) is 1.81. The maximum atomic E-state index is 12.0. The first-order chi connectivity index (χ1) is 7.87. The number of sulfone groups is 1. The van der Waals surface area contributed by atoms with Gasteiger partial charge < -0.3 is 9.64 Å². The molecule has 2 atom stereocenters. The monoisotopic (exact) mass is 263 g/mol. The van der Waals surface area contributed by atoms with Gasteiger partial charge in [0.1, 0.15) is 6.10 Å². The molecule has 5 nitrogen and oxygen atoms in total. The summed E-state index contributed by atoms with van der Waals surface area (Å²) in [6.45, 7) is 3.98. The van der Waals surface area contributed by atoms with Crippen LogP contribution in [-0.4, -0.2) is 56.5 Å². The Morgan fingerprint density at radius 3 is 2.65 bits per heavy atom. The Kier molecular flexibility index (Phi) is 4.94. The summed E-state index contributed by atoms with van der Waals surface area (Å²) in [5.74, 6) is 0.0129. The Bertz CT molecular complexity index is 360. The van der Waals surface area contributed by atoms with Crippen molar-refractivity contribution in [2.24, 2.45) is 0 Å². The molecule has 1 rings (SSSR count). The number of ether oxygens (including phenoxy) is 1. The number of hydrogen-bond donors (Lipinski definition) is 0. The van der Waals surface area contributed by atoms with Crippen molar-refractivity contribution < 1.29 is 17.9 Å². The highest BCUT2D eigenvalue weighted by Crippen LogP contribution is 2.15. The van der Waals surface area contributed by atoms with E-state index in [0.29, 0.717) is 6.61 Å². The number of rotatable bonds is 5. The molecule has 1 amide bonds. The molecule has 0 saturated carbocycles. The van der Waals surface area contributed by atoms with Crippen LogP contribution < -0.4 is 0 Å². The molecule has 0 aliphatic carbocycles. The molecule has 1 heterocycles. The third-order valence-electron chi connectivity index (χ3n) is 3.15. The molecule has 1 aliphatic heterocycles. The van der Waals surface area contributed by atoms with Crippen LogP contribution in [0.1, 0.15) is 26.7 Å². The summed E-state index contributed by atoms with van der Waals surface area (Å²) in [4.78, 5) is 13.5. The lowest BCUT2D eigenvalue weighted by Gasteiger charge is -2.26. The largest absolute Gasteiger partial charge is 0.368 e. The fourth-order valence-corrected chi connectivity index (χ4v) is 3.01. The Labute approximate surface area is 103 Å². The molecular formula is C11H21NO4S. The average molecular weight is 263 g/mol. The highest BCUT2D eigenvalue weighted by atomic mass is 32.2. The second kappa shape index (κ2) is 5.82. The van der Waals surface area contributed by atoms with E-state index in [2.05, 4.69) is 0 Å². The fraction of sp³-hybridized carbons (Fsp3) is 0.909. The third-order valence-corrected chi connectivity index (χ3v) is 5.02. The maximum Gasteiger partial charge on any atom is 0.251 e. The zero-order chi connectivity index (χ0) is 13.1. The van der Waals surface area contributed by atoms with Gasteiger partial charge in [-0.25, -0.2) is 8.42 Å². The highest BCUT2D eigenvalue weighted by molar-refractivity contribution is 7.91. The second-order valence-electron chi connectivity index (χ2n) is 4.50. The molecule has 0 spiro atoms. The van der Waals surface area contributed by atoms with Crippen molar-refractivity contribution in [3.63, 3.8) is 0 Å². The number of amides is 1. The van der Waals surface area contributed by atoms with Gasteiger partial charge in [-0.2, -0.15) is 0 Å². The summed E-state index contributed by atoms with van der Waals surface area (Å²) in [7, 11) is -1.42. The Morgan fingerprint density at radius 2 is 2.18 bits per heavy atom. The van der Waals surface area contributed by atoms with Crippen molar-refractivity contribution in [3.8, 4) is 0 Å². The van der Waals surface area contributed by atoms with Gasteiger partial charge >= 0.3 is 0 Å². The van der Waals surface area contributed by atoms with Crippen molar-refractivity contribution in [3.05, 3.63) is 0 Å². The molecule has 6 heteroatoms. The summed E-state index contributed by atoms with van der Waals surface area (Å²) in [5.41, 5.74) is 0. The molecule has 0 aromatic carbocycles. The smallest absolute Gasteiger partial charge is 0.251 e. The van der Waals surface area contributed by atoms with E-state index < -0.39 is 9.84 Å². The van der Waals surface area contributed by atoms with Crippen molar-refractivity contribution in [2.45, 2.75) is 38.8 Å². The standard InChI is InChI=1S/C11H21NO4S/c1-4-17(14,15)8-9(2)12(3)11(13)10-6-5-7-16-10/h9-10H,4-8H2,1-3H3/t9-,10-/m0/s1. The van der Waals surface area contributed by atoms with Crippen molar-refractivity contribution in [2.75, 3.05) is 25.2 Å². The molecule has 1 fully saturated rings. The third kappa shape index (κ3) is 3.96. The lowest BCUT2D eigenvalue weighted by atomic mass is 10.2. The van der Waals surface area contributed by atoms with E-state index in [1.54, 1.807) is 20.9 Å². The minimum atomic E-state index is -3.06. The van der Waals surface area contributed by atoms with Gasteiger partial charge in [-0.05, 0) is 19.8 Å². The highest BCUT2D eigenvalue weighted by Gasteiger charge is 2.29. The molecule has 0 bridgehead atoms. The SMILES string of the molecule is CCS(=O)(=O)C[C@H](C)N(C)C(=O)[C@@H]1CCCO1. The van der Waals surface area contributed by atoms with Gasteiger partial charge in [-0.1, -0.05) is 6.92 Å². The molecule has 0 aromatic rings.